The van der Waals surface area contributed by atoms with Gasteiger partial charge in [0.05, 0.1) is 19.1 Å². The van der Waals surface area contributed by atoms with Crippen LogP contribution >= 0.6 is 0 Å². The molecule has 6 nitrogen and oxygen atoms in total. The summed E-state index contributed by atoms with van der Waals surface area (Å²) in [6.45, 7) is 4.17. The van der Waals surface area contributed by atoms with Crippen molar-refractivity contribution in [2.45, 2.75) is 51.1 Å². The maximum atomic E-state index is 11.9. The second-order valence-electron chi connectivity index (χ2n) is 6.99. The van der Waals surface area contributed by atoms with Gasteiger partial charge in [0.15, 0.2) is 0 Å². The van der Waals surface area contributed by atoms with Crippen LogP contribution in [0.3, 0.4) is 0 Å². The highest BCUT2D eigenvalue weighted by atomic mass is 32.2. The summed E-state index contributed by atoms with van der Waals surface area (Å²) in [5.74, 6) is -0.113. The topological polar surface area (TPSA) is 89.9 Å². The molecule has 7 heteroatoms. The molecule has 1 aromatic rings. The first-order valence-corrected chi connectivity index (χ1v) is 10.0. The summed E-state index contributed by atoms with van der Waals surface area (Å²) in [6.07, 6.45) is 0.759. The molecule has 140 valence electrons. The molecule has 0 aliphatic carbocycles. The molecule has 1 aromatic carbocycles. The number of benzene rings is 1. The summed E-state index contributed by atoms with van der Waals surface area (Å²) in [5.41, 5.74) is 0.917. The molecule has 1 aliphatic rings. The lowest BCUT2D eigenvalue weighted by atomic mass is 9.93. The van der Waals surface area contributed by atoms with Gasteiger partial charge in [-0.25, -0.2) is 0 Å². The van der Waals surface area contributed by atoms with Crippen molar-refractivity contribution in [3.63, 3.8) is 0 Å². The molecule has 1 fully saturated rings. The predicted octanol–water partition coefficient (Wildman–Crippen LogP) is 2.83. The van der Waals surface area contributed by atoms with Crippen molar-refractivity contribution in [3.8, 4) is 0 Å². The van der Waals surface area contributed by atoms with Gasteiger partial charge in [0.1, 0.15) is 11.4 Å². The fourth-order valence-electron chi connectivity index (χ4n) is 3.08. The maximum Gasteiger partial charge on any atom is 0.309 e. The molecule has 0 spiro atoms. The van der Waals surface area contributed by atoms with Crippen molar-refractivity contribution in [2.75, 3.05) is 6.61 Å². The van der Waals surface area contributed by atoms with Crippen LogP contribution in [0.5, 0.6) is 0 Å². The van der Waals surface area contributed by atoms with Crippen molar-refractivity contribution >= 4 is 16.1 Å². The van der Waals surface area contributed by atoms with E-state index in [-0.39, 0.29) is 31.5 Å². The molecule has 2 rings (SSSR count). The Bertz CT molecular complexity index is 655. The first-order valence-electron chi connectivity index (χ1n) is 8.54. The van der Waals surface area contributed by atoms with Gasteiger partial charge in [-0.2, -0.15) is 8.42 Å². The van der Waals surface area contributed by atoms with E-state index in [4.69, 9.17) is 9.47 Å². The molecule has 1 heterocycles. The largest absolute Gasteiger partial charge is 0.462 e. The third-order valence-electron chi connectivity index (χ3n) is 4.28. The van der Waals surface area contributed by atoms with Gasteiger partial charge in [0.2, 0.25) is 0 Å². The Kier molecular flexibility index (Phi) is 6.98. The van der Waals surface area contributed by atoms with E-state index in [1.807, 2.05) is 44.2 Å². The van der Waals surface area contributed by atoms with Crippen molar-refractivity contribution in [1.29, 1.82) is 0 Å². The quantitative estimate of drug-likeness (QED) is 0.531. The van der Waals surface area contributed by atoms with Gasteiger partial charge >= 0.3 is 5.97 Å². The standard InChI is InChI=1S/C18H26O6S/c1-13(2)8-15-9-16(24-18(15)19)10-17(25(20,21)22)12-23-11-14-6-4-3-5-7-14/h3-7,13,15-17H,8-12H2,1-2H3,(H,20,21,22)/t15-,16+,17-/m1/s1. The highest BCUT2D eigenvalue weighted by molar-refractivity contribution is 7.86. The highest BCUT2D eigenvalue weighted by Crippen LogP contribution is 2.30. The van der Waals surface area contributed by atoms with Crippen LogP contribution in [0.4, 0.5) is 0 Å². The monoisotopic (exact) mass is 370 g/mol. The van der Waals surface area contributed by atoms with E-state index in [2.05, 4.69) is 0 Å². The van der Waals surface area contributed by atoms with Crippen LogP contribution in [-0.2, 0) is 31.0 Å². The molecular weight excluding hydrogens is 344 g/mol. The molecule has 0 unspecified atom stereocenters. The average molecular weight is 370 g/mol. The van der Waals surface area contributed by atoms with Crippen LogP contribution in [0.1, 0.15) is 38.7 Å². The second-order valence-corrected chi connectivity index (χ2v) is 8.69. The molecule has 0 aromatic heterocycles. The van der Waals surface area contributed by atoms with Gasteiger partial charge < -0.3 is 9.47 Å². The van der Waals surface area contributed by atoms with E-state index in [0.29, 0.717) is 12.3 Å². The molecule has 3 atom stereocenters. The SMILES string of the molecule is CC(C)C[C@@H]1C[C@@H](C[C@H](COCc2ccccc2)S(=O)(=O)O)OC1=O. The van der Waals surface area contributed by atoms with Crippen molar-refractivity contribution < 1.29 is 27.2 Å². The first kappa shape index (κ1) is 19.9. The molecule has 1 aliphatic heterocycles. The Labute approximate surface area is 149 Å². The Balaban J connectivity index is 1.89. The van der Waals surface area contributed by atoms with E-state index in [0.717, 1.165) is 12.0 Å². The number of hydrogen-bond acceptors (Lipinski definition) is 5. The third kappa shape index (κ3) is 6.41. The summed E-state index contributed by atoms with van der Waals surface area (Å²) in [6, 6.07) is 9.36. The summed E-state index contributed by atoms with van der Waals surface area (Å²) >= 11 is 0. The van der Waals surface area contributed by atoms with Crippen LogP contribution in [0.2, 0.25) is 0 Å². The van der Waals surface area contributed by atoms with Crippen molar-refractivity contribution in [2.24, 2.45) is 11.8 Å². The van der Waals surface area contributed by atoms with Crippen LogP contribution in [0.15, 0.2) is 30.3 Å². The maximum absolute atomic E-state index is 11.9. The van der Waals surface area contributed by atoms with Crippen LogP contribution in [0, 0.1) is 11.8 Å². The van der Waals surface area contributed by atoms with Crippen LogP contribution in [0.25, 0.3) is 0 Å². The van der Waals surface area contributed by atoms with E-state index in [1.165, 1.54) is 0 Å². The van der Waals surface area contributed by atoms with Gasteiger partial charge in [0, 0.05) is 6.42 Å². The Morgan fingerprint density at radius 3 is 2.52 bits per heavy atom. The number of carbonyl (C=O) groups is 1. The fourth-order valence-corrected chi connectivity index (χ4v) is 3.81. The molecule has 0 radical (unpaired) electrons. The average Bonchev–Trinajstić information content (AvgIpc) is 2.85. The molecule has 0 bridgehead atoms. The smallest absolute Gasteiger partial charge is 0.309 e. The molecule has 0 saturated carbocycles. The normalized spacial score (nSPS) is 22.2. The summed E-state index contributed by atoms with van der Waals surface area (Å²) in [5, 5.41) is -1.10. The zero-order valence-electron chi connectivity index (χ0n) is 14.6. The molecule has 0 amide bonds. The molecule has 25 heavy (non-hydrogen) atoms. The number of ether oxygens (including phenoxy) is 2. The summed E-state index contributed by atoms with van der Waals surface area (Å²) in [4.78, 5) is 11.9. The molecule has 1 N–H and O–H groups in total. The van der Waals surface area contributed by atoms with Crippen LogP contribution in [-0.4, -0.2) is 36.9 Å². The van der Waals surface area contributed by atoms with Gasteiger partial charge in [-0.3, -0.25) is 9.35 Å². The number of carbonyl (C=O) groups excluding carboxylic acids is 1. The third-order valence-corrected chi connectivity index (χ3v) is 5.45. The zero-order chi connectivity index (χ0) is 18.4. The Morgan fingerprint density at radius 2 is 1.92 bits per heavy atom. The summed E-state index contributed by atoms with van der Waals surface area (Å²) < 4.78 is 43.5. The lowest BCUT2D eigenvalue weighted by Crippen LogP contribution is -2.30. The highest BCUT2D eigenvalue weighted by Gasteiger charge is 2.38. The van der Waals surface area contributed by atoms with Gasteiger partial charge in [-0.15, -0.1) is 0 Å². The second kappa shape index (κ2) is 8.78. The minimum atomic E-state index is -4.28. The number of esters is 1. The van der Waals surface area contributed by atoms with Crippen molar-refractivity contribution in [1.82, 2.24) is 0 Å². The number of cyclic esters (lactones) is 1. The molecule has 1 saturated heterocycles. The number of rotatable bonds is 9. The van der Waals surface area contributed by atoms with E-state index in [1.54, 1.807) is 0 Å². The van der Waals surface area contributed by atoms with E-state index < -0.39 is 21.5 Å². The van der Waals surface area contributed by atoms with Crippen molar-refractivity contribution in [3.05, 3.63) is 35.9 Å². The molecular formula is C18H26O6S. The van der Waals surface area contributed by atoms with E-state index in [9.17, 15) is 17.8 Å². The van der Waals surface area contributed by atoms with Crippen LogP contribution < -0.4 is 0 Å². The zero-order valence-corrected chi connectivity index (χ0v) is 15.4. The van der Waals surface area contributed by atoms with Gasteiger partial charge in [-0.05, 0) is 24.3 Å². The lowest BCUT2D eigenvalue weighted by molar-refractivity contribution is -0.144. The predicted molar refractivity (Wildman–Crippen MR) is 93.5 cm³/mol. The minimum Gasteiger partial charge on any atom is -0.462 e. The van der Waals surface area contributed by atoms with Gasteiger partial charge in [0.25, 0.3) is 10.1 Å². The number of hydrogen-bond donors (Lipinski definition) is 1. The van der Waals surface area contributed by atoms with Gasteiger partial charge in [-0.1, -0.05) is 44.2 Å². The first-order chi connectivity index (χ1) is 11.8. The Morgan fingerprint density at radius 1 is 1.24 bits per heavy atom. The minimum absolute atomic E-state index is 0.0496. The van der Waals surface area contributed by atoms with E-state index >= 15 is 0 Å². The lowest BCUT2D eigenvalue weighted by Gasteiger charge is -2.17. The Hall–Kier alpha value is -1.44. The summed E-state index contributed by atoms with van der Waals surface area (Å²) in [7, 11) is -4.28. The fraction of sp³-hybridized carbons (Fsp3) is 0.611.